The Morgan fingerprint density at radius 3 is 2.57 bits per heavy atom. The number of amides is 2. The Morgan fingerprint density at radius 2 is 1.89 bits per heavy atom. The van der Waals surface area contributed by atoms with Crippen molar-refractivity contribution in [2.75, 3.05) is 58.9 Å². The zero-order chi connectivity index (χ0) is 24.9. The lowest BCUT2D eigenvalue weighted by molar-refractivity contribution is -0.117. The fraction of sp³-hybridized carbons (Fsp3) is 0.704. The highest BCUT2D eigenvalue weighted by molar-refractivity contribution is 6.00. The van der Waals surface area contributed by atoms with Crippen LogP contribution in [0, 0.1) is 17.8 Å². The molecule has 1 aromatic carbocycles. The van der Waals surface area contributed by atoms with Crippen LogP contribution in [0.1, 0.15) is 49.9 Å². The summed E-state index contributed by atoms with van der Waals surface area (Å²) in [6, 6.07) is 5.55. The number of hydrogen-bond donors (Lipinski definition) is 1. The summed E-state index contributed by atoms with van der Waals surface area (Å²) in [4.78, 5) is 30.0. The van der Waals surface area contributed by atoms with Crippen LogP contribution in [0.4, 0.5) is 5.69 Å². The van der Waals surface area contributed by atoms with Crippen LogP contribution in [0.5, 0.6) is 5.75 Å². The maximum absolute atomic E-state index is 13.5. The Kier molecular flexibility index (Phi) is 8.68. The number of nitrogens with zero attached hydrogens (tertiary/aromatic N) is 2. The SMILES string of the molecule is CO[C@H]1CN(C)C(=O)c2cc(NC(=O)C3CC3)ccc2OC[C@@H](C)N(CC2CCOCC2)C[C@H]1C. The van der Waals surface area contributed by atoms with Gasteiger partial charge in [-0.1, -0.05) is 6.92 Å². The summed E-state index contributed by atoms with van der Waals surface area (Å²) >= 11 is 0. The van der Waals surface area contributed by atoms with Gasteiger partial charge in [0.05, 0.1) is 11.7 Å². The van der Waals surface area contributed by atoms with E-state index in [2.05, 4.69) is 24.1 Å². The molecule has 0 unspecified atom stereocenters. The number of likely N-dealkylation sites (N-methyl/N-ethyl adjacent to an activating group) is 1. The molecule has 194 valence electrons. The first-order valence-corrected chi connectivity index (χ1v) is 13.0. The standard InChI is InChI=1S/C27H41N3O5/c1-18-14-30(15-20-9-11-34-12-10-20)19(2)17-35-24-8-7-22(28-26(31)21-5-6-21)13-23(24)27(32)29(3)16-25(18)33-4/h7-8,13,18-21,25H,5-6,9-12,14-17H2,1-4H3,(H,28,31)/t18-,19-,25+/m1/s1. The summed E-state index contributed by atoms with van der Waals surface area (Å²) in [5.74, 6) is 1.38. The summed E-state index contributed by atoms with van der Waals surface area (Å²) in [5.41, 5.74) is 1.09. The number of carbonyl (C=O) groups is 2. The molecule has 1 aliphatic carbocycles. The number of hydrogen-bond acceptors (Lipinski definition) is 6. The first kappa shape index (κ1) is 25.9. The number of nitrogens with one attached hydrogen (secondary N) is 1. The monoisotopic (exact) mass is 487 g/mol. The molecule has 4 rings (SSSR count). The zero-order valence-electron chi connectivity index (χ0n) is 21.6. The summed E-state index contributed by atoms with van der Waals surface area (Å²) in [6.07, 6.45) is 3.94. The Labute approximate surface area is 209 Å². The molecule has 0 aromatic heterocycles. The maximum Gasteiger partial charge on any atom is 0.257 e. The minimum absolute atomic E-state index is 0.0190. The van der Waals surface area contributed by atoms with Gasteiger partial charge >= 0.3 is 0 Å². The summed E-state index contributed by atoms with van der Waals surface area (Å²) < 4.78 is 17.7. The van der Waals surface area contributed by atoms with Crippen LogP contribution in [-0.4, -0.2) is 87.4 Å². The number of methoxy groups -OCH3 is 1. The van der Waals surface area contributed by atoms with Gasteiger partial charge in [0.25, 0.3) is 5.91 Å². The third kappa shape index (κ3) is 6.74. The molecule has 0 radical (unpaired) electrons. The number of anilines is 1. The second-order valence-electron chi connectivity index (χ2n) is 10.6. The molecule has 1 saturated carbocycles. The first-order valence-electron chi connectivity index (χ1n) is 13.0. The minimum Gasteiger partial charge on any atom is -0.491 e. The smallest absolute Gasteiger partial charge is 0.257 e. The first-order chi connectivity index (χ1) is 16.9. The Hall–Kier alpha value is -2.16. The van der Waals surface area contributed by atoms with Crippen molar-refractivity contribution in [3.05, 3.63) is 23.8 Å². The molecule has 8 heteroatoms. The molecule has 1 saturated heterocycles. The number of carbonyl (C=O) groups excluding carboxylic acids is 2. The van der Waals surface area contributed by atoms with E-state index in [-0.39, 0.29) is 35.8 Å². The van der Waals surface area contributed by atoms with Gasteiger partial charge in [0.15, 0.2) is 0 Å². The van der Waals surface area contributed by atoms with Gasteiger partial charge in [-0.25, -0.2) is 0 Å². The van der Waals surface area contributed by atoms with E-state index in [4.69, 9.17) is 14.2 Å². The molecule has 35 heavy (non-hydrogen) atoms. The van der Waals surface area contributed by atoms with E-state index in [1.807, 2.05) is 6.07 Å². The molecule has 0 bridgehead atoms. The Balaban J connectivity index is 1.58. The van der Waals surface area contributed by atoms with Crippen LogP contribution >= 0.6 is 0 Å². The predicted octanol–water partition coefficient (Wildman–Crippen LogP) is 3.27. The van der Waals surface area contributed by atoms with Crippen molar-refractivity contribution in [3.63, 3.8) is 0 Å². The molecule has 2 amide bonds. The topological polar surface area (TPSA) is 80.3 Å². The number of fused-ring (bicyclic) bond motifs is 1. The van der Waals surface area contributed by atoms with Gasteiger partial charge in [-0.2, -0.15) is 0 Å². The van der Waals surface area contributed by atoms with Crippen molar-refractivity contribution in [3.8, 4) is 5.75 Å². The van der Waals surface area contributed by atoms with Crippen molar-refractivity contribution in [2.45, 2.75) is 51.7 Å². The average Bonchev–Trinajstić information content (AvgIpc) is 3.71. The Bertz CT molecular complexity index is 884. The van der Waals surface area contributed by atoms with Crippen LogP contribution in [0.2, 0.25) is 0 Å². The normalized spacial score (nSPS) is 27.4. The van der Waals surface area contributed by atoms with Crippen LogP contribution in [0.25, 0.3) is 0 Å². The molecule has 8 nitrogen and oxygen atoms in total. The van der Waals surface area contributed by atoms with Gasteiger partial charge in [0.1, 0.15) is 12.4 Å². The van der Waals surface area contributed by atoms with Crippen LogP contribution in [0.3, 0.4) is 0 Å². The molecule has 3 aliphatic rings. The van der Waals surface area contributed by atoms with Gasteiger partial charge < -0.3 is 24.4 Å². The minimum atomic E-state index is -0.135. The molecule has 1 aromatic rings. The fourth-order valence-corrected chi connectivity index (χ4v) is 5.03. The van der Waals surface area contributed by atoms with E-state index < -0.39 is 0 Å². The highest BCUT2D eigenvalue weighted by Gasteiger charge is 2.31. The quantitative estimate of drug-likeness (QED) is 0.687. The average molecular weight is 488 g/mol. The molecule has 2 heterocycles. The van der Waals surface area contributed by atoms with E-state index in [0.29, 0.717) is 36.1 Å². The van der Waals surface area contributed by atoms with E-state index in [9.17, 15) is 9.59 Å². The molecule has 2 fully saturated rings. The van der Waals surface area contributed by atoms with Gasteiger partial charge in [-0.05, 0) is 62.6 Å². The predicted molar refractivity (Wildman–Crippen MR) is 135 cm³/mol. The number of ether oxygens (including phenoxy) is 3. The molecule has 2 aliphatic heterocycles. The van der Waals surface area contributed by atoms with Crippen LogP contribution in [-0.2, 0) is 14.3 Å². The summed E-state index contributed by atoms with van der Waals surface area (Å²) in [7, 11) is 3.52. The second kappa shape index (κ2) is 11.7. The zero-order valence-corrected chi connectivity index (χ0v) is 21.6. The van der Waals surface area contributed by atoms with Crippen molar-refractivity contribution in [2.24, 2.45) is 17.8 Å². The lowest BCUT2D eigenvalue weighted by atomic mass is 9.96. The van der Waals surface area contributed by atoms with E-state index in [1.54, 1.807) is 31.2 Å². The van der Waals surface area contributed by atoms with Crippen molar-refractivity contribution in [1.29, 1.82) is 0 Å². The lowest BCUT2D eigenvalue weighted by Crippen LogP contribution is -2.48. The largest absolute Gasteiger partial charge is 0.491 e. The summed E-state index contributed by atoms with van der Waals surface area (Å²) in [5, 5.41) is 2.96. The van der Waals surface area contributed by atoms with Crippen LogP contribution < -0.4 is 10.1 Å². The second-order valence-corrected chi connectivity index (χ2v) is 10.6. The molecule has 1 N–H and O–H groups in total. The number of benzene rings is 1. The lowest BCUT2D eigenvalue weighted by Gasteiger charge is -2.38. The van der Waals surface area contributed by atoms with Crippen molar-refractivity contribution in [1.82, 2.24) is 9.80 Å². The molecule has 3 atom stereocenters. The number of rotatable bonds is 5. The molecule has 0 spiro atoms. The molecular formula is C27H41N3O5. The van der Waals surface area contributed by atoms with E-state index in [1.165, 1.54) is 0 Å². The highest BCUT2D eigenvalue weighted by Crippen LogP contribution is 2.32. The summed E-state index contributed by atoms with van der Waals surface area (Å²) in [6.45, 7) is 8.89. The fourth-order valence-electron chi connectivity index (χ4n) is 5.03. The van der Waals surface area contributed by atoms with E-state index in [0.717, 1.165) is 52.0 Å². The van der Waals surface area contributed by atoms with Gasteiger partial charge in [0, 0.05) is 64.7 Å². The van der Waals surface area contributed by atoms with Crippen molar-refractivity contribution >= 4 is 17.5 Å². The van der Waals surface area contributed by atoms with Gasteiger partial charge in [-0.15, -0.1) is 0 Å². The Morgan fingerprint density at radius 1 is 1.14 bits per heavy atom. The third-order valence-corrected chi connectivity index (χ3v) is 7.62. The van der Waals surface area contributed by atoms with Gasteiger partial charge in [0.2, 0.25) is 5.91 Å². The van der Waals surface area contributed by atoms with Crippen molar-refractivity contribution < 1.29 is 23.8 Å². The third-order valence-electron chi connectivity index (χ3n) is 7.62. The van der Waals surface area contributed by atoms with Gasteiger partial charge in [-0.3, -0.25) is 14.5 Å². The van der Waals surface area contributed by atoms with E-state index >= 15 is 0 Å². The highest BCUT2D eigenvalue weighted by atomic mass is 16.5. The maximum atomic E-state index is 13.5. The molecular weight excluding hydrogens is 446 g/mol. The van der Waals surface area contributed by atoms with Crippen LogP contribution in [0.15, 0.2) is 18.2 Å².